The minimum absolute atomic E-state index is 0.199. The third-order valence-electron chi connectivity index (χ3n) is 4.22. The summed E-state index contributed by atoms with van der Waals surface area (Å²) in [6.07, 6.45) is 16.9. The van der Waals surface area contributed by atoms with Crippen LogP contribution in [0.1, 0.15) is 110 Å². The average Bonchev–Trinajstić information content (AvgIpc) is 2.54. The standard InChI is InChI=1S/C20H38O3/c1-3-5-6-7-8-9-10-11-12-13-14-15-16-19(21)17-18-20(22)23-4-2/h3-18H2,1-2H3. The van der Waals surface area contributed by atoms with Gasteiger partial charge in [0.05, 0.1) is 13.0 Å². The number of ether oxygens (including phenoxy) is 1. The van der Waals surface area contributed by atoms with Gasteiger partial charge in [-0.3, -0.25) is 9.59 Å². The van der Waals surface area contributed by atoms with Gasteiger partial charge in [0.2, 0.25) is 0 Å². The molecule has 0 amide bonds. The highest BCUT2D eigenvalue weighted by Crippen LogP contribution is 2.13. The van der Waals surface area contributed by atoms with Crippen LogP contribution in [0.3, 0.4) is 0 Å². The van der Waals surface area contributed by atoms with Gasteiger partial charge in [0, 0.05) is 12.8 Å². The molecule has 0 rings (SSSR count). The molecule has 0 radical (unpaired) electrons. The molecule has 0 aliphatic carbocycles. The number of rotatable bonds is 17. The lowest BCUT2D eigenvalue weighted by Gasteiger charge is -2.03. The van der Waals surface area contributed by atoms with Crippen LogP contribution in [0.2, 0.25) is 0 Å². The second-order valence-corrected chi connectivity index (χ2v) is 6.48. The van der Waals surface area contributed by atoms with Gasteiger partial charge in [-0.05, 0) is 13.3 Å². The molecule has 0 heterocycles. The lowest BCUT2D eigenvalue weighted by molar-refractivity contribution is -0.144. The molecule has 0 aromatic heterocycles. The molecule has 0 aromatic carbocycles. The quantitative estimate of drug-likeness (QED) is 0.243. The summed E-state index contributed by atoms with van der Waals surface area (Å²) in [5.74, 6) is -0.0549. The van der Waals surface area contributed by atoms with Crippen molar-refractivity contribution in [3.8, 4) is 0 Å². The first-order valence-electron chi connectivity index (χ1n) is 9.88. The molecule has 0 fully saturated rings. The van der Waals surface area contributed by atoms with E-state index in [1.165, 1.54) is 64.2 Å². The second kappa shape index (κ2) is 17.5. The lowest BCUT2D eigenvalue weighted by atomic mass is 10.0. The van der Waals surface area contributed by atoms with Crippen molar-refractivity contribution in [3.05, 3.63) is 0 Å². The highest BCUT2D eigenvalue weighted by Gasteiger charge is 2.07. The molecule has 0 saturated carbocycles. The van der Waals surface area contributed by atoms with Crippen molar-refractivity contribution in [2.45, 2.75) is 110 Å². The van der Waals surface area contributed by atoms with Crippen molar-refractivity contribution in [2.24, 2.45) is 0 Å². The van der Waals surface area contributed by atoms with Gasteiger partial charge in [-0.2, -0.15) is 0 Å². The number of carbonyl (C=O) groups is 2. The highest BCUT2D eigenvalue weighted by molar-refractivity contribution is 5.82. The van der Waals surface area contributed by atoms with Crippen LogP contribution in [0.15, 0.2) is 0 Å². The minimum atomic E-state index is -0.254. The Kier molecular flexibility index (Phi) is 16.8. The van der Waals surface area contributed by atoms with E-state index in [1.54, 1.807) is 6.92 Å². The van der Waals surface area contributed by atoms with Crippen LogP contribution < -0.4 is 0 Å². The monoisotopic (exact) mass is 326 g/mol. The largest absolute Gasteiger partial charge is 0.466 e. The summed E-state index contributed by atoms with van der Waals surface area (Å²) in [7, 11) is 0. The van der Waals surface area contributed by atoms with Crippen LogP contribution in [-0.2, 0) is 14.3 Å². The molecule has 0 saturated heterocycles. The predicted molar refractivity (Wildman–Crippen MR) is 96.6 cm³/mol. The lowest BCUT2D eigenvalue weighted by Crippen LogP contribution is -2.07. The highest BCUT2D eigenvalue weighted by atomic mass is 16.5. The van der Waals surface area contributed by atoms with Gasteiger partial charge in [0.1, 0.15) is 5.78 Å². The summed E-state index contributed by atoms with van der Waals surface area (Å²) in [5.41, 5.74) is 0. The van der Waals surface area contributed by atoms with Crippen LogP contribution in [0, 0.1) is 0 Å². The summed E-state index contributed by atoms with van der Waals surface area (Å²) in [5, 5.41) is 0. The fraction of sp³-hybridized carbons (Fsp3) is 0.900. The van der Waals surface area contributed by atoms with E-state index in [2.05, 4.69) is 6.92 Å². The molecule has 0 spiro atoms. The van der Waals surface area contributed by atoms with E-state index >= 15 is 0 Å². The van der Waals surface area contributed by atoms with E-state index in [9.17, 15) is 9.59 Å². The first kappa shape index (κ1) is 22.1. The number of Topliss-reactive ketones (excluding diaryl/α,β-unsaturated/α-hetero) is 1. The number of hydrogen-bond donors (Lipinski definition) is 0. The molecule has 0 unspecified atom stereocenters. The van der Waals surface area contributed by atoms with Crippen LogP contribution in [-0.4, -0.2) is 18.4 Å². The average molecular weight is 327 g/mol. The zero-order valence-corrected chi connectivity index (χ0v) is 15.5. The second-order valence-electron chi connectivity index (χ2n) is 6.48. The van der Waals surface area contributed by atoms with Crippen molar-refractivity contribution in [2.75, 3.05) is 6.61 Å². The van der Waals surface area contributed by atoms with Gasteiger partial charge in [-0.1, -0.05) is 77.6 Å². The molecule has 3 nitrogen and oxygen atoms in total. The molecule has 0 aromatic rings. The van der Waals surface area contributed by atoms with Crippen molar-refractivity contribution >= 4 is 11.8 Å². The van der Waals surface area contributed by atoms with Crippen molar-refractivity contribution < 1.29 is 14.3 Å². The molecular formula is C20H38O3. The van der Waals surface area contributed by atoms with E-state index < -0.39 is 0 Å². The molecule has 0 aliphatic rings. The van der Waals surface area contributed by atoms with Gasteiger partial charge in [0.25, 0.3) is 0 Å². The Morgan fingerprint density at radius 1 is 0.609 bits per heavy atom. The zero-order chi connectivity index (χ0) is 17.2. The Labute approximate surface area is 143 Å². The summed E-state index contributed by atoms with van der Waals surface area (Å²) >= 11 is 0. The normalized spacial score (nSPS) is 10.7. The third-order valence-corrected chi connectivity index (χ3v) is 4.22. The number of esters is 1. The van der Waals surface area contributed by atoms with E-state index in [0.29, 0.717) is 19.4 Å². The van der Waals surface area contributed by atoms with Crippen LogP contribution in [0.4, 0.5) is 0 Å². The Morgan fingerprint density at radius 3 is 1.57 bits per heavy atom. The Hall–Kier alpha value is -0.860. The van der Waals surface area contributed by atoms with Gasteiger partial charge in [-0.25, -0.2) is 0 Å². The molecule has 0 bridgehead atoms. The van der Waals surface area contributed by atoms with E-state index in [4.69, 9.17) is 4.74 Å². The molecule has 136 valence electrons. The number of unbranched alkanes of at least 4 members (excludes halogenated alkanes) is 11. The van der Waals surface area contributed by atoms with E-state index in [-0.39, 0.29) is 18.2 Å². The maximum atomic E-state index is 11.6. The summed E-state index contributed by atoms with van der Waals surface area (Å²) in [6, 6.07) is 0. The number of hydrogen-bond acceptors (Lipinski definition) is 3. The van der Waals surface area contributed by atoms with Crippen molar-refractivity contribution in [1.82, 2.24) is 0 Å². The van der Waals surface area contributed by atoms with Crippen molar-refractivity contribution in [1.29, 1.82) is 0 Å². The van der Waals surface area contributed by atoms with Crippen LogP contribution >= 0.6 is 0 Å². The van der Waals surface area contributed by atoms with Crippen molar-refractivity contribution in [3.63, 3.8) is 0 Å². The zero-order valence-electron chi connectivity index (χ0n) is 15.5. The molecule has 23 heavy (non-hydrogen) atoms. The van der Waals surface area contributed by atoms with Gasteiger partial charge in [0.15, 0.2) is 0 Å². The van der Waals surface area contributed by atoms with Crippen LogP contribution in [0.5, 0.6) is 0 Å². The van der Waals surface area contributed by atoms with E-state index in [0.717, 1.165) is 12.8 Å². The van der Waals surface area contributed by atoms with Gasteiger partial charge >= 0.3 is 5.97 Å². The molecule has 0 atom stereocenters. The molecule has 3 heteroatoms. The summed E-state index contributed by atoms with van der Waals surface area (Å²) < 4.78 is 4.82. The Balaban J connectivity index is 3.20. The first-order chi connectivity index (χ1) is 11.2. The Morgan fingerprint density at radius 2 is 1.09 bits per heavy atom. The van der Waals surface area contributed by atoms with Gasteiger partial charge < -0.3 is 4.74 Å². The molecular weight excluding hydrogens is 288 g/mol. The molecule has 0 N–H and O–H groups in total. The topological polar surface area (TPSA) is 43.4 Å². The van der Waals surface area contributed by atoms with E-state index in [1.807, 2.05) is 0 Å². The maximum absolute atomic E-state index is 11.6. The fourth-order valence-corrected chi connectivity index (χ4v) is 2.76. The minimum Gasteiger partial charge on any atom is -0.466 e. The Bertz CT molecular complexity index is 287. The van der Waals surface area contributed by atoms with Gasteiger partial charge in [-0.15, -0.1) is 0 Å². The SMILES string of the molecule is CCCCCCCCCCCCCCC(=O)CCC(=O)OCC. The summed E-state index contributed by atoms with van der Waals surface area (Å²) in [6.45, 7) is 4.44. The number of ketones is 1. The third kappa shape index (κ3) is 17.3. The smallest absolute Gasteiger partial charge is 0.306 e. The van der Waals surface area contributed by atoms with Crippen LogP contribution in [0.25, 0.3) is 0 Å². The first-order valence-corrected chi connectivity index (χ1v) is 9.88. The maximum Gasteiger partial charge on any atom is 0.306 e. The molecule has 0 aliphatic heterocycles. The fourth-order valence-electron chi connectivity index (χ4n) is 2.76. The predicted octanol–water partition coefficient (Wildman–Crippen LogP) is 5.99. The summed E-state index contributed by atoms with van der Waals surface area (Å²) in [4.78, 5) is 22.8. The number of carbonyl (C=O) groups excluding carboxylic acids is 2.